The van der Waals surface area contributed by atoms with Gasteiger partial charge in [0.25, 0.3) is 5.91 Å². The van der Waals surface area contributed by atoms with Crippen molar-refractivity contribution in [2.45, 2.75) is 6.92 Å². The zero-order chi connectivity index (χ0) is 14.3. The lowest BCUT2D eigenvalue weighted by Crippen LogP contribution is -2.29. The van der Waals surface area contributed by atoms with Crippen LogP contribution in [-0.2, 0) is 4.79 Å². The van der Waals surface area contributed by atoms with E-state index in [2.05, 4.69) is 10.5 Å². The molecule has 100 valence electrons. The van der Waals surface area contributed by atoms with E-state index in [1.165, 1.54) is 19.1 Å². The minimum Gasteiger partial charge on any atom is -0.483 e. The van der Waals surface area contributed by atoms with Gasteiger partial charge in [-0.3, -0.25) is 4.79 Å². The minimum atomic E-state index is -0.540. The van der Waals surface area contributed by atoms with Crippen LogP contribution < -0.4 is 10.1 Å². The van der Waals surface area contributed by atoms with Gasteiger partial charge in [-0.05, 0) is 19.1 Å². The monoisotopic (exact) mass is 265 g/mol. The molecule has 1 rings (SSSR count). The van der Waals surface area contributed by atoms with Gasteiger partial charge in [-0.15, -0.1) is 0 Å². The summed E-state index contributed by atoms with van der Waals surface area (Å²) >= 11 is 0. The van der Waals surface area contributed by atoms with Gasteiger partial charge in [-0.25, -0.2) is 4.39 Å². The predicted octanol–water partition coefficient (Wildman–Crippen LogP) is 1.04. The highest BCUT2D eigenvalue weighted by Crippen LogP contribution is 2.20. The lowest BCUT2D eigenvalue weighted by atomic mass is 10.1. The molecular formula is C12H12FN3O3. The molecule has 1 aromatic carbocycles. The van der Waals surface area contributed by atoms with E-state index in [4.69, 9.17) is 15.2 Å². The molecule has 0 aliphatic heterocycles. The molecule has 0 bridgehead atoms. The molecule has 2 N–H and O–H groups in total. The Morgan fingerprint density at radius 1 is 1.63 bits per heavy atom. The number of nitrogens with one attached hydrogen (secondary N) is 1. The zero-order valence-corrected chi connectivity index (χ0v) is 10.2. The van der Waals surface area contributed by atoms with E-state index >= 15 is 0 Å². The maximum atomic E-state index is 13.1. The van der Waals surface area contributed by atoms with Crippen molar-refractivity contribution in [3.8, 4) is 11.8 Å². The highest BCUT2D eigenvalue weighted by Gasteiger charge is 2.10. The maximum Gasteiger partial charge on any atom is 0.258 e. The highest BCUT2D eigenvalue weighted by molar-refractivity contribution is 6.00. The largest absolute Gasteiger partial charge is 0.483 e. The number of ether oxygens (including phenoxy) is 1. The van der Waals surface area contributed by atoms with Gasteiger partial charge in [0.05, 0.1) is 11.8 Å². The summed E-state index contributed by atoms with van der Waals surface area (Å²) in [5.74, 6) is -0.959. The Bertz CT molecular complexity index is 538. The fourth-order valence-corrected chi connectivity index (χ4v) is 1.30. The number of halogens is 1. The summed E-state index contributed by atoms with van der Waals surface area (Å²) in [6.45, 7) is 1.02. The molecule has 0 aromatic heterocycles. The van der Waals surface area contributed by atoms with Gasteiger partial charge >= 0.3 is 0 Å². The first-order valence-corrected chi connectivity index (χ1v) is 5.33. The van der Waals surface area contributed by atoms with Gasteiger partial charge in [0.2, 0.25) is 0 Å². The van der Waals surface area contributed by atoms with E-state index < -0.39 is 11.7 Å². The fraction of sp³-hybridized carbons (Fsp3) is 0.250. The van der Waals surface area contributed by atoms with Gasteiger partial charge in [0, 0.05) is 11.6 Å². The van der Waals surface area contributed by atoms with Crippen LogP contribution in [0, 0.1) is 17.1 Å². The van der Waals surface area contributed by atoms with Crippen LogP contribution in [0.25, 0.3) is 0 Å². The van der Waals surface area contributed by atoms with E-state index in [-0.39, 0.29) is 24.6 Å². The van der Waals surface area contributed by atoms with Crippen molar-refractivity contribution in [3.05, 3.63) is 29.6 Å². The Labute approximate surface area is 109 Å². The fourth-order valence-electron chi connectivity index (χ4n) is 1.30. The van der Waals surface area contributed by atoms with Gasteiger partial charge in [0.1, 0.15) is 18.1 Å². The zero-order valence-electron chi connectivity index (χ0n) is 10.2. The topological polar surface area (TPSA) is 94.7 Å². The van der Waals surface area contributed by atoms with E-state index in [1.54, 1.807) is 6.07 Å². The lowest BCUT2D eigenvalue weighted by molar-refractivity contribution is -0.122. The Morgan fingerprint density at radius 3 is 3.00 bits per heavy atom. The van der Waals surface area contributed by atoms with Crippen LogP contribution in [0.1, 0.15) is 12.5 Å². The number of amides is 1. The molecule has 0 saturated heterocycles. The molecule has 6 nitrogen and oxygen atoms in total. The van der Waals surface area contributed by atoms with Gasteiger partial charge < -0.3 is 15.3 Å². The second kappa shape index (κ2) is 6.96. The number of hydrogen-bond acceptors (Lipinski definition) is 5. The van der Waals surface area contributed by atoms with Crippen LogP contribution in [0.2, 0.25) is 0 Å². The van der Waals surface area contributed by atoms with Crippen molar-refractivity contribution in [3.63, 3.8) is 0 Å². The Morgan fingerprint density at radius 2 is 2.37 bits per heavy atom. The van der Waals surface area contributed by atoms with Gasteiger partial charge in [0.15, 0.2) is 6.61 Å². The second-order valence-electron chi connectivity index (χ2n) is 3.55. The molecule has 0 spiro atoms. The lowest BCUT2D eigenvalue weighted by Gasteiger charge is -2.10. The van der Waals surface area contributed by atoms with E-state index in [1.807, 2.05) is 0 Å². The summed E-state index contributed by atoms with van der Waals surface area (Å²) in [7, 11) is 0. The molecule has 0 radical (unpaired) electrons. The summed E-state index contributed by atoms with van der Waals surface area (Å²) in [6, 6.07) is 5.40. The summed E-state index contributed by atoms with van der Waals surface area (Å²) in [4.78, 5) is 11.3. The quantitative estimate of drug-likeness (QED) is 0.360. The molecule has 19 heavy (non-hydrogen) atoms. The smallest absolute Gasteiger partial charge is 0.258 e. The highest BCUT2D eigenvalue weighted by atomic mass is 19.1. The normalized spacial score (nSPS) is 10.7. The third kappa shape index (κ3) is 4.27. The summed E-state index contributed by atoms with van der Waals surface area (Å²) in [6.07, 6.45) is 0. The van der Waals surface area contributed by atoms with Crippen LogP contribution in [0.15, 0.2) is 23.4 Å². The molecule has 0 heterocycles. The molecule has 0 atom stereocenters. The molecule has 0 aliphatic rings. The van der Waals surface area contributed by atoms with Crippen molar-refractivity contribution in [2.24, 2.45) is 5.16 Å². The molecule has 1 aromatic rings. The maximum absolute atomic E-state index is 13.1. The van der Waals surface area contributed by atoms with Crippen molar-refractivity contribution < 1.29 is 19.1 Å². The number of carbonyl (C=O) groups is 1. The van der Waals surface area contributed by atoms with Gasteiger partial charge in [-0.1, -0.05) is 5.16 Å². The van der Waals surface area contributed by atoms with E-state index in [9.17, 15) is 9.18 Å². The average molecular weight is 265 g/mol. The van der Waals surface area contributed by atoms with Crippen LogP contribution in [0.5, 0.6) is 5.75 Å². The third-order valence-electron chi connectivity index (χ3n) is 2.21. The first kappa shape index (κ1) is 14.4. The Kier molecular flexibility index (Phi) is 5.29. The number of rotatable bonds is 5. The Hall–Kier alpha value is -2.62. The molecule has 0 unspecified atom stereocenters. The van der Waals surface area contributed by atoms with E-state index in [0.717, 1.165) is 6.07 Å². The number of nitrogens with zero attached hydrogens (tertiary/aromatic N) is 2. The van der Waals surface area contributed by atoms with Crippen LogP contribution in [-0.4, -0.2) is 30.0 Å². The molecule has 0 aliphatic carbocycles. The second-order valence-corrected chi connectivity index (χ2v) is 3.55. The number of benzene rings is 1. The third-order valence-corrected chi connectivity index (χ3v) is 2.21. The molecule has 7 heteroatoms. The number of oxime groups is 1. The molecular weight excluding hydrogens is 253 g/mol. The van der Waals surface area contributed by atoms with Crippen LogP contribution >= 0.6 is 0 Å². The average Bonchev–Trinajstić information content (AvgIpc) is 2.42. The van der Waals surface area contributed by atoms with Crippen molar-refractivity contribution >= 4 is 11.6 Å². The Balaban J connectivity index is 2.80. The molecule has 0 fully saturated rings. The first-order chi connectivity index (χ1) is 9.08. The van der Waals surface area contributed by atoms with Crippen LogP contribution in [0.3, 0.4) is 0 Å². The van der Waals surface area contributed by atoms with Gasteiger partial charge in [-0.2, -0.15) is 5.26 Å². The SMILES string of the molecule is CC(=NO)c1ccc(F)cc1OCC(=O)NCC#N. The van der Waals surface area contributed by atoms with Crippen LogP contribution in [0.4, 0.5) is 4.39 Å². The van der Waals surface area contributed by atoms with E-state index in [0.29, 0.717) is 5.56 Å². The van der Waals surface area contributed by atoms with Crippen molar-refractivity contribution in [2.75, 3.05) is 13.2 Å². The molecule has 1 amide bonds. The summed E-state index contributed by atoms with van der Waals surface area (Å²) in [5.41, 5.74) is 0.601. The van der Waals surface area contributed by atoms with Crippen molar-refractivity contribution in [1.82, 2.24) is 5.32 Å². The number of carbonyl (C=O) groups excluding carboxylic acids is 1. The number of nitriles is 1. The minimum absolute atomic E-state index is 0.0856. The predicted molar refractivity (Wildman–Crippen MR) is 64.5 cm³/mol. The molecule has 0 saturated carbocycles. The summed E-state index contributed by atoms with van der Waals surface area (Å²) in [5, 5.41) is 22.3. The van der Waals surface area contributed by atoms with Crippen molar-refractivity contribution in [1.29, 1.82) is 5.26 Å². The summed E-state index contributed by atoms with van der Waals surface area (Å²) < 4.78 is 18.3. The number of hydrogen-bond donors (Lipinski definition) is 2. The standard InChI is InChI=1S/C12H12FN3O3/c1-8(16-18)10-3-2-9(13)6-11(10)19-7-12(17)15-5-4-14/h2-3,6,18H,5,7H2,1H3,(H,15,17). The first-order valence-electron chi connectivity index (χ1n) is 5.33.